The molecule has 3 nitrogen and oxygen atoms in total. The number of phenolic OH excluding ortho intramolecular Hbond substituents is 1. The van der Waals surface area contributed by atoms with Gasteiger partial charge in [0.25, 0.3) is 0 Å². The summed E-state index contributed by atoms with van der Waals surface area (Å²) in [5, 5.41) is 12.2. The summed E-state index contributed by atoms with van der Waals surface area (Å²) < 4.78 is 0. The van der Waals surface area contributed by atoms with E-state index in [2.05, 4.69) is 5.32 Å². The minimum Gasteiger partial charge on any atom is -0.508 e. The van der Waals surface area contributed by atoms with E-state index < -0.39 is 0 Å². The second-order valence-electron chi connectivity index (χ2n) is 3.64. The highest BCUT2D eigenvalue weighted by atomic mass is 16.3. The molecule has 2 N–H and O–H groups in total. The maximum Gasteiger partial charge on any atom is 0.211 e. The standard InChI is InChI=1S/C11H15NO2/c1-7(2)9-5-10(12-6-13)8(3)4-11(9)14/h4-7,14H,1-3H3,(H,12,13). The van der Waals surface area contributed by atoms with Crippen LogP contribution in [0.15, 0.2) is 12.1 Å². The van der Waals surface area contributed by atoms with Gasteiger partial charge in [0, 0.05) is 5.69 Å². The molecule has 0 aromatic heterocycles. The lowest BCUT2D eigenvalue weighted by atomic mass is 9.99. The zero-order chi connectivity index (χ0) is 10.7. The molecule has 0 radical (unpaired) electrons. The number of carbonyl (C=O) groups is 1. The van der Waals surface area contributed by atoms with E-state index in [-0.39, 0.29) is 11.7 Å². The quantitative estimate of drug-likeness (QED) is 0.572. The van der Waals surface area contributed by atoms with E-state index in [1.54, 1.807) is 6.07 Å². The van der Waals surface area contributed by atoms with Crippen LogP contribution in [0.25, 0.3) is 0 Å². The van der Waals surface area contributed by atoms with Crippen molar-refractivity contribution in [2.24, 2.45) is 0 Å². The first-order valence-electron chi connectivity index (χ1n) is 4.60. The van der Waals surface area contributed by atoms with Crippen molar-refractivity contribution in [3.63, 3.8) is 0 Å². The topological polar surface area (TPSA) is 49.3 Å². The summed E-state index contributed by atoms with van der Waals surface area (Å²) in [6.07, 6.45) is 0.642. The van der Waals surface area contributed by atoms with Gasteiger partial charge in [-0.1, -0.05) is 13.8 Å². The third-order valence-corrected chi connectivity index (χ3v) is 2.21. The average molecular weight is 193 g/mol. The van der Waals surface area contributed by atoms with Crippen LogP contribution in [0.5, 0.6) is 5.75 Å². The number of hydrogen-bond acceptors (Lipinski definition) is 2. The summed E-state index contributed by atoms with van der Waals surface area (Å²) >= 11 is 0. The van der Waals surface area contributed by atoms with Crippen molar-refractivity contribution in [3.8, 4) is 5.75 Å². The Kier molecular flexibility index (Phi) is 3.12. The highest BCUT2D eigenvalue weighted by Crippen LogP contribution is 2.30. The first-order valence-corrected chi connectivity index (χ1v) is 4.60. The third-order valence-electron chi connectivity index (χ3n) is 2.21. The van der Waals surface area contributed by atoms with Gasteiger partial charge in [-0.2, -0.15) is 0 Å². The highest BCUT2D eigenvalue weighted by Gasteiger charge is 2.09. The van der Waals surface area contributed by atoms with Crippen molar-refractivity contribution < 1.29 is 9.90 Å². The number of hydrogen-bond donors (Lipinski definition) is 2. The van der Waals surface area contributed by atoms with Gasteiger partial charge in [-0.15, -0.1) is 0 Å². The lowest BCUT2D eigenvalue weighted by Gasteiger charge is -2.12. The SMILES string of the molecule is Cc1cc(O)c(C(C)C)cc1NC=O. The van der Waals surface area contributed by atoms with Crippen LogP contribution in [-0.2, 0) is 4.79 Å². The van der Waals surface area contributed by atoms with Crippen LogP contribution in [0, 0.1) is 6.92 Å². The summed E-state index contributed by atoms with van der Waals surface area (Å²) in [5.41, 5.74) is 2.46. The molecule has 76 valence electrons. The first kappa shape index (κ1) is 10.6. The molecule has 0 saturated heterocycles. The summed E-state index contributed by atoms with van der Waals surface area (Å²) in [4.78, 5) is 10.3. The Morgan fingerprint density at radius 1 is 1.43 bits per heavy atom. The van der Waals surface area contributed by atoms with Crippen molar-refractivity contribution in [2.45, 2.75) is 26.7 Å². The molecule has 1 amide bonds. The molecule has 0 atom stereocenters. The van der Waals surface area contributed by atoms with Crippen molar-refractivity contribution in [1.29, 1.82) is 0 Å². The Hall–Kier alpha value is -1.51. The lowest BCUT2D eigenvalue weighted by Crippen LogP contribution is -1.99. The second kappa shape index (κ2) is 4.13. The van der Waals surface area contributed by atoms with E-state index in [0.29, 0.717) is 6.41 Å². The highest BCUT2D eigenvalue weighted by molar-refractivity contribution is 5.74. The van der Waals surface area contributed by atoms with Gasteiger partial charge in [-0.25, -0.2) is 0 Å². The van der Waals surface area contributed by atoms with E-state index in [0.717, 1.165) is 16.8 Å². The van der Waals surface area contributed by atoms with Gasteiger partial charge in [0.05, 0.1) is 0 Å². The smallest absolute Gasteiger partial charge is 0.211 e. The molecule has 14 heavy (non-hydrogen) atoms. The Morgan fingerprint density at radius 3 is 2.57 bits per heavy atom. The number of amides is 1. The minimum atomic E-state index is 0.239. The molecule has 3 heteroatoms. The molecule has 1 aromatic carbocycles. The van der Waals surface area contributed by atoms with Crippen LogP contribution < -0.4 is 5.32 Å². The molecule has 0 spiro atoms. The van der Waals surface area contributed by atoms with Gasteiger partial charge < -0.3 is 10.4 Å². The van der Waals surface area contributed by atoms with Crippen molar-refractivity contribution in [2.75, 3.05) is 5.32 Å². The molecule has 0 bridgehead atoms. The van der Waals surface area contributed by atoms with Crippen molar-refractivity contribution in [3.05, 3.63) is 23.3 Å². The van der Waals surface area contributed by atoms with Crippen molar-refractivity contribution >= 4 is 12.1 Å². The fourth-order valence-corrected chi connectivity index (χ4v) is 1.39. The van der Waals surface area contributed by atoms with Gasteiger partial charge in [-0.3, -0.25) is 4.79 Å². The molecule has 0 aliphatic heterocycles. The predicted molar refractivity (Wildman–Crippen MR) is 56.6 cm³/mol. The number of aromatic hydroxyl groups is 1. The molecule has 0 saturated carbocycles. The van der Waals surface area contributed by atoms with Crippen LogP contribution in [0.3, 0.4) is 0 Å². The number of benzene rings is 1. The third kappa shape index (κ3) is 2.05. The minimum absolute atomic E-state index is 0.239. The first-order chi connectivity index (χ1) is 6.56. The van der Waals surface area contributed by atoms with Gasteiger partial charge >= 0.3 is 0 Å². The molecule has 1 rings (SSSR count). The molecular formula is C11H15NO2. The van der Waals surface area contributed by atoms with E-state index in [9.17, 15) is 9.90 Å². The van der Waals surface area contributed by atoms with E-state index in [1.807, 2.05) is 26.8 Å². The van der Waals surface area contributed by atoms with Crippen LogP contribution >= 0.6 is 0 Å². The Morgan fingerprint density at radius 2 is 2.07 bits per heavy atom. The summed E-state index contributed by atoms with van der Waals surface area (Å²) in [6, 6.07) is 3.48. The summed E-state index contributed by atoms with van der Waals surface area (Å²) in [7, 11) is 0. The Labute approximate surface area is 83.8 Å². The second-order valence-corrected chi connectivity index (χ2v) is 3.64. The molecule has 0 aliphatic rings. The maximum absolute atomic E-state index is 10.3. The molecular weight excluding hydrogens is 178 g/mol. The van der Waals surface area contributed by atoms with Crippen LogP contribution in [0.4, 0.5) is 5.69 Å². The van der Waals surface area contributed by atoms with E-state index >= 15 is 0 Å². The summed E-state index contributed by atoms with van der Waals surface area (Å²) in [5.74, 6) is 0.525. The zero-order valence-electron chi connectivity index (χ0n) is 8.66. The largest absolute Gasteiger partial charge is 0.508 e. The van der Waals surface area contributed by atoms with Crippen LogP contribution in [0.1, 0.15) is 30.9 Å². The van der Waals surface area contributed by atoms with Gasteiger partial charge in [0.1, 0.15) is 5.75 Å². The van der Waals surface area contributed by atoms with Crippen molar-refractivity contribution in [1.82, 2.24) is 0 Å². The molecule has 0 fully saturated rings. The van der Waals surface area contributed by atoms with Gasteiger partial charge in [0.15, 0.2) is 0 Å². The Bertz CT molecular complexity index is 345. The molecule has 1 aromatic rings. The number of aryl methyl sites for hydroxylation is 1. The van der Waals surface area contributed by atoms with Crippen LogP contribution in [0.2, 0.25) is 0 Å². The monoisotopic (exact) mass is 193 g/mol. The number of rotatable bonds is 3. The predicted octanol–water partition coefficient (Wildman–Crippen LogP) is 2.39. The number of nitrogens with one attached hydrogen (secondary N) is 1. The van der Waals surface area contributed by atoms with Crippen LogP contribution in [-0.4, -0.2) is 11.5 Å². The van der Waals surface area contributed by atoms with E-state index in [4.69, 9.17) is 0 Å². The number of carbonyl (C=O) groups excluding carboxylic acids is 1. The summed E-state index contributed by atoms with van der Waals surface area (Å²) in [6.45, 7) is 5.83. The normalized spacial score (nSPS) is 10.3. The molecule has 0 unspecified atom stereocenters. The number of phenols is 1. The van der Waals surface area contributed by atoms with E-state index in [1.165, 1.54) is 0 Å². The Balaban J connectivity index is 3.19. The zero-order valence-corrected chi connectivity index (χ0v) is 8.66. The van der Waals surface area contributed by atoms with Gasteiger partial charge in [-0.05, 0) is 36.1 Å². The molecule has 0 aliphatic carbocycles. The average Bonchev–Trinajstić information content (AvgIpc) is 2.09. The molecule has 0 heterocycles. The fourth-order valence-electron chi connectivity index (χ4n) is 1.39. The number of anilines is 1. The fraction of sp³-hybridized carbons (Fsp3) is 0.364. The van der Waals surface area contributed by atoms with Gasteiger partial charge in [0.2, 0.25) is 6.41 Å². The lowest BCUT2D eigenvalue weighted by molar-refractivity contribution is -0.105. The maximum atomic E-state index is 10.3.